The molecule has 4 heteroatoms. The molecular formula is C7H16ClNO2. The highest BCUT2D eigenvalue weighted by Crippen LogP contribution is 2.24. The number of rotatable bonds is 4. The van der Waals surface area contributed by atoms with Crippen molar-refractivity contribution in [2.45, 2.75) is 26.7 Å². The van der Waals surface area contributed by atoms with Crippen LogP contribution in [0.1, 0.15) is 26.7 Å². The van der Waals surface area contributed by atoms with Crippen molar-refractivity contribution in [3.05, 3.63) is 0 Å². The number of nitrogens with two attached hydrogens (primary N) is 1. The Balaban J connectivity index is 0. The minimum atomic E-state index is -0.778. The predicted octanol–water partition coefficient (Wildman–Crippen LogP) is 1.26. The fraction of sp³-hybridized carbons (Fsp3) is 0.857. The Kier molecular flexibility index (Phi) is 6.52. The first-order chi connectivity index (χ1) is 4.63. The second-order valence-corrected chi connectivity index (χ2v) is 2.50. The van der Waals surface area contributed by atoms with E-state index in [1.165, 1.54) is 0 Å². The Morgan fingerprint density at radius 2 is 1.82 bits per heavy atom. The number of hydrogen-bond acceptors (Lipinski definition) is 2. The van der Waals surface area contributed by atoms with Gasteiger partial charge in [-0.1, -0.05) is 13.8 Å². The van der Waals surface area contributed by atoms with Gasteiger partial charge in [0, 0.05) is 6.54 Å². The first-order valence-electron chi connectivity index (χ1n) is 3.56. The molecule has 0 aliphatic carbocycles. The number of hydrogen-bond donors (Lipinski definition) is 2. The Morgan fingerprint density at radius 1 is 1.45 bits per heavy atom. The largest absolute Gasteiger partial charge is 0.481 e. The van der Waals surface area contributed by atoms with Crippen molar-refractivity contribution in [2.75, 3.05) is 6.54 Å². The molecule has 3 nitrogen and oxygen atoms in total. The normalized spacial score (nSPS) is 10.5. The number of carboxylic acid groups (broad SMARTS) is 1. The predicted molar refractivity (Wildman–Crippen MR) is 47.0 cm³/mol. The summed E-state index contributed by atoms with van der Waals surface area (Å²) in [5.74, 6) is -0.778. The summed E-state index contributed by atoms with van der Waals surface area (Å²) in [6, 6.07) is 0. The second-order valence-electron chi connectivity index (χ2n) is 2.50. The van der Waals surface area contributed by atoms with Crippen LogP contribution in [0.15, 0.2) is 0 Å². The van der Waals surface area contributed by atoms with Crippen LogP contribution in [-0.4, -0.2) is 17.6 Å². The van der Waals surface area contributed by atoms with Crippen molar-refractivity contribution in [2.24, 2.45) is 11.1 Å². The lowest BCUT2D eigenvalue weighted by Gasteiger charge is -2.23. The molecule has 0 aliphatic rings. The number of aliphatic carboxylic acids is 1. The highest BCUT2D eigenvalue weighted by molar-refractivity contribution is 5.85. The van der Waals surface area contributed by atoms with Crippen molar-refractivity contribution < 1.29 is 9.90 Å². The van der Waals surface area contributed by atoms with Crippen LogP contribution in [0.2, 0.25) is 0 Å². The fourth-order valence-electron chi connectivity index (χ4n) is 0.928. The van der Waals surface area contributed by atoms with Gasteiger partial charge in [-0.3, -0.25) is 4.79 Å². The van der Waals surface area contributed by atoms with Gasteiger partial charge in [-0.2, -0.15) is 0 Å². The monoisotopic (exact) mass is 181 g/mol. The fourth-order valence-corrected chi connectivity index (χ4v) is 0.928. The van der Waals surface area contributed by atoms with Crippen LogP contribution in [0.5, 0.6) is 0 Å². The number of halogens is 1. The molecule has 3 N–H and O–H groups in total. The van der Waals surface area contributed by atoms with Crippen molar-refractivity contribution >= 4 is 18.4 Å². The van der Waals surface area contributed by atoms with E-state index < -0.39 is 11.4 Å². The van der Waals surface area contributed by atoms with Gasteiger partial charge in [0.15, 0.2) is 0 Å². The van der Waals surface area contributed by atoms with Gasteiger partial charge in [-0.15, -0.1) is 12.4 Å². The molecule has 11 heavy (non-hydrogen) atoms. The maximum absolute atomic E-state index is 10.6. The molecule has 0 spiro atoms. The quantitative estimate of drug-likeness (QED) is 0.687. The molecule has 0 amide bonds. The van der Waals surface area contributed by atoms with Crippen LogP contribution in [0.4, 0.5) is 0 Å². The van der Waals surface area contributed by atoms with Crippen molar-refractivity contribution in [3.63, 3.8) is 0 Å². The molecule has 0 fully saturated rings. The van der Waals surface area contributed by atoms with Crippen molar-refractivity contribution in [1.82, 2.24) is 0 Å². The molecular weight excluding hydrogens is 166 g/mol. The summed E-state index contributed by atoms with van der Waals surface area (Å²) in [7, 11) is 0. The first-order valence-corrected chi connectivity index (χ1v) is 3.56. The lowest BCUT2D eigenvalue weighted by molar-refractivity contribution is -0.148. The topological polar surface area (TPSA) is 63.3 Å². The average molecular weight is 182 g/mol. The highest BCUT2D eigenvalue weighted by atomic mass is 35.5. The second kappa shape index (κ2) is 5.38. The Hall–Kier alpha value is -0.280. The molecule has 0 atom stereocenters. The van der Waals surface area contributed by atoms with E-state index in [0.29, 0.717) is 12.8 Å². The van der Waals surface area contributed by atoms with Crippen LogP contribution in [0.3, 0.4) is 0 Å². The van der Waals surface area contributed by atoms with Crippen LogP contribution in [-0.2, 0) is 4.79 Å². The number of carboxylic acids is 1. The molecule has 0 unspecified atom stereocenters. The molecule has 0 aromatic rings. The van der Waals surface area contributed by atoms with Crippen LogP contribution >= 0.6 is 12.4 Å². The highest BCUT2D eigenvalue weighted by Gasteiger charge is 2.32. The number of carbonyl (C=O) groups is 1. The third kappa shape index (κ3) is 2.67. The Bertz CT molecular complexity index is 115. The molecule has 0 aromatic carbocycles. The smallest absolute Gasteiger partial charge is 0.310 e. The Labute approximate surface area is 73.4 Å². The van der Waals surface area contributed by atoms with E-state index in [2.05, 4.69) is 0 Å². The summed E-state index contributed by atoms with van der Waals surface area (Å²) >= 11 is 0. The van der Waals surface area contributed by atoms with Gasteiger partial charge in [-0.05, 0) is 12.8 Å². The van der Waals surface area contributed by atoms with Crippen molar-refractivity contribution in [1.29, 1.82) is 0 Å². The third-order valence-corrected chi connectivity index (χ3v) is 2.20. The van der Waals surface area contributed by atoms with Gasteiger partial charge in [0.05, 0.1) is 5.41 Å². The molecule has 0 saturated heterocycles. The van der Waals surface area contributed by atoms with E-state index in [-0.39, 0.29) is 19.0 Å². The van der Waals surface area contributed by atoms with Crippen LogP contribution in [0.25, 0.3) is 0 Å². The van der Waals surface area contributed by atoms with Gasteiger partial charge in [0.1, 0.15) is 0 Å². The minimum absolute atomic E-state index is 0. The minimum Gasteiger partial charge on any atom is -0.481 e. The molecule has 0 bridgehead atoms. The first kappa shape index (κ1) is 13.3. The lowest BCUT2D eigenvalue weighted by Crippen LogP contribution is -2.37. The van der Waals surface area contributed by atoms with E-state index in [1.807, 2.05) is 13.8 Å². The SMILES string of the molecule is CCC(CC)(CN)C(=O)O.Cl. The Morgan fingerprint density at radius 3 is 1.82 bits per heavy atom. The zero-order valence-electron chi connectivity index (χ0n) is 6.96. The van der Waals surface area contributed by atoms with Crippen LogP contribution < -0.4 is 5.73 Å². The summed E-state index contributed by atoms with van der Waals surface area (Å²) in [6.45, 7) is 3.93. The summed E-state index contributed by atoms with van der Waals surface area (Å²) < 4.78 is 0. The molecule has 0 radical (unpaired) electrons. The van der Waals surface area contributed by atoms with Gasteiger partial charge in [0.2, 0.25) is 0 Å². The zero-order chi connectivity index (χ0) is 8.20. The summed E-state index contributed by atoms with van der Waals surface area (Å²) in [5.41, 5.74) is 4.67. The molecule has 0 rings (SSSR count). The molecule has 0 aliphatic heterocycles. The molecule has 0 heterocycles. The molecule has 0 saturated carbocycles. The summed E-state index contributed by atoms with van der Waals surface area (Å²) in [6.07, 6.45) is 1.21. The van der Waals surface area contributed by atoms with E-state index in [1.54, 1.807) is 0 Å². The average Bonchev–Trinajstić information content (AvgIpc) is 1.92. The maximum Gasteiger partial charge on any atom is 0.310 e. The van der Waals surface area contributed by atoms with E-state index >= 15 is 0 Å². The van der Waals surface area contributed by atoms with Gasteiger partial charge >= 0.3 is 5.97 Å². The lowest BCUT2D eigenvalue weighted by atomic mass is 9.83. The van der Waals surface area contributed by atoms with E-state index in [4.69, 9.17) is 10.8 Å². The zero-order valence-corrected chi connectivity index (χ0v) is 7.78. The molecule has 0 aromatic heterocycles. The van der Waals surface area contributed by atoms with E-state index in [0.717, 1.165) is 0 Å². The standard InChI is InChI=1S/C7H15NO2.ClH/c1-3-7(4-2,5-8)6(9)10;/h3-5,8H2,1-2H3,(H,9,10);1H. The summed E-state index contributed by atoms with van der Waals surface area (Å²) in [4.78, 5) is 10.6. The van der Waals surface area contributed by atoms with Crippen molar-refractivity contribution in [3.8, 4) is 0 Å². The maximum atomic E-state index is 10.6. The van der Waals surface area contributed by atoms with Crippen LogP contribution in [0, 0.1) is 5.41 Å². The molecule has 68 valence electrons. The third-order valence-electron chi connectivity index (χ3n) is 2.20. The van der Waals surface area contributed by atoms with Gasteiger partial charge < -0.3 is 10.8 Å². The van der Waals surface area contributed by atoms with Gasteiger partial charge in [0.25, 0.3) is 0 Å². The summed E-state index contributed by atoms with van der Waals surface area (Å²) in [5, 5.41) is 8.74. The van der Waals surface area contributed by atoms with Gasteiger partial charge in [-0.25, -0.2) is 0 Å². The van der Waals surface area contributed by atoms with E-state index in [9.17, 15) is 4.79 Å².